The Morgan fingerprint density at radius 1 is 1.38 bits per heavy atom. The van der Waals surface area contributed by atoms with Crippen molar-refractivity contribution in [1.29, 1.82) is 0 Å². The molecule has 2 rings (SSSR count). The van der Waals surface area contributed by atoms with Gasteiger partial charge in [-0.3, -0.25) is 9.89 Å². The number of anilines is 1. The Hall–Kier alpha value is -1.52. The van der Waals surface area contributed by atoms with E-state index in [1.54, 1.807) is 24.4 Å². The molecular weight excluding hydrogens is 249 g/mol. The lowest BCUT2D eigenvalue weighted by molar-refractivity contribution is 0.102. The number of nitrogens with zero attached hydrogens (tertiary/aromatic N) is 1. The lowest BCUT2D eigenvalue weighted by atomic mass is 10.2. The quantitative estimate of drug-likeness (QED) is 0.867. The van der Waals surface area contributed by atoms with Crippen molar-refractivity contribution >= 4 is 34.8 Å². The molecule has 16 heavy (non-hydrogen) atoms. The maximum Gasteiger partial charge on any atom is 0.257 e. The minimum absolute atomic E-state index is 0.241. The number of amides is 1. The molecule has 0 aliphatic heterocycles. The largest absolute Gasteiger partial charge is 0.319 e. The van der Waals surface area contributed by atoms with E-state index < -0.39 is 0 Å². The molecule has 0 saturated heterocycles. The van der Waals surface area contributed by atoms with E-state index in [0.717, 1.165) is 0 Å². The van der Waals surface area contributed by atoms with Gasteiger partial charge in [0.15, 0.2) is 0 Å². The van der Waals surface area contributed by atoms with Gasteiger partial charge in [0.1, 0.15) is 0 Å². The summed E-state index contributed by atoms with van der Waals surface area (Å²) in [5, 5.41) is 9.52. The molecule has 2 N–H and O–H groups in total. The number of benzene rings is 1. The number of carbonyl (C=O) groups excluding carboxylic acids is 1. The predicted molar refractivity (Wildman–Crippen MR) is 63.0 cm³/mol. The number of hydrogen-bond acceptors (Lipinski definition) is 2. The molecule has 1 amide bonds. The summed E-state index contributed by atoms with van der Waals surface area (Å²) in [4.78, 5) is 11.8. The van der Waals surface area contributed by atoms with Crippen LogP contribution in [-0.2, 0) is 0 Å². The van der Waals surface area contributed by atoms with Gasteiger partial charge in [0, 0.05) is 6.20 Å². The minimum atomic E-state index is -0.325. The molecule has 0 fully saturated rings. The minimum Gasteiger partial charge on any atom is -0.319 e. The second-order valence-electron chi connectivity index (χ2n) is 3.04. The summed E-state index contributed by atoms with van der Waals surface area (Å²) >= 11 is 11.7. The SMILES string of the molecule is O=C(Nc1cn[nH]c1)c1cccc(Cl)c1Cl. The van der Waals surface area contributed by atoms with Gasteiger partial charge >= 0.3 is 0 Å². The topological polar surface area (TPSA) is 57.8 Å². The molecule has 0 spiro atoms. The monoisotopic (exact) mass is 255 g/mol. The van der Waals surface area contributed by atoms with Crippen molar-refractivity contribution in [2.45, 2.75) is 0 Å². The first-order valence-corrected chi connectivity index (χ1v) is 5.18. The molecule has 0 saturated carbocycles. The van der Waals surface area contributed by atoms with Crippen LogP contribution in [0.25, 0.3) is 0 Å². The molecule has 0 aliphatic carbocycles. The number of nitrogens with one attached hydrogen (secondary N) is 2. The molecule has 4 nitrogen and oxygen atoms in total. The molecule has 0 aliphatic rings. The van der Waals surface area contributed by atoms with Crippen LogP contribution in [0.2, 0.25) is 10.0 Å². The second-order valence-corrected chi connectivity index (χ2v) is 3.83. The summed E-state index contributed by atoms with van der Waals surface area (Å²) < 4.78 is 0. The smallest absolute Gasteiger partial charge is 0.257 e. The molecule has 82 valence electrons. The first kappa shape index (κ1) is 11.0. The first-order chi connectivity index (χ1) is 7.68. The molecule has 0 bridgehead atoms. The normalized spacial score (nSPS) is 10.1. The highest BCUT2D eigenvalue weighted by Crippen LogP contribution is 2.25. The van der Waals surface area contributed by atoms with Crippen molar-refractivity contribution in [3.8, 4) is 0 Å². The maximum atomic E-state index is 11.8. The fraction of sp³-hybridized carbons (Fsp3) is 0. The Bertz CT molecular complexity index is 511. The van der Waals surface area contributed by atoms with Gasteiger partial charge in [-0.15, -0.1) is 0 Å². The summed E-state index contributed by atoms with van der Waals surface area (Å²) in [5.74, 6) is -0.325. The number of aromatic nitrogens is 2. The van der Waals surface area contributed by atoms with Crippen molar-refractivity contribution in [1.82, 2.24) is 10.2 Å². The van der Waals surface area contributed by atoms with E-state index >= 15 is 0 Å². The average molecular weight is 256 g/mol. The fourth-order valence-corrected chi connectivity index (χ4v) is 1.58. The van der Waals surface area contributed by atoms with E-state index in [0.29, 0.717) is 16.3 Å². The third-order valence-electron chi connectivity index (χ3n) is 1.95. The number of carbonyl (C=O) groups is 1. The van der Waals surface area contributed by atoms with Crippen LogP contribution in [0.1, 0.15) is 10.4 Å². The number of aromatic amines is 1. The highest BCUT2D eigenvalue weighted by molar-refractivity contribution is 6.44. The highest BCUT2D eigenvalue weighted by atomic mass is 35.5. The Labute approximate surface area is 102 Å². The number of H-pyrrole nitrogens is 1. The van der Waals surface area contributed by atoms with Crippen LogP contribution in [-0.4, -0.2) is 16.1 Å². The van der Waals surface area contributed by atoms with Gasteiger partial charge in [-0.25, -0.2) is 0 Å². The lowest BCUT2D eigenvalue weighted by Gasteiger charge is -2.05. The van der Waals surface area contributed by atoms with Crippen LogP contribution >= 0.6 is 23.2 Å². The van der Waals surface area contributed by atoms with Crippen molar-refractivity contribution in [3.05, 3.63) is 46.2 Å². The van der Waals surface area contributed by atoms with Gasteiger partial charge < -0.3 is 5.32 Å². The summed E-state index contributed by atoms with van der Waals surface area (Å²) in [5.41, 5.74) is 0.899. The maximum absolute atomic E-state index is 11.8. The van der Waals surface area contributed by atoms with E-state index in [2.05, 4.69) is 15.5 Å². The summed E-state index contributed by atoms with van der Waals surface area (Å²) in [6, 6.07) is 4.89. The molecule has 1 aromatic heterocycles. The van der Waals surface area contributed by atoms with Gasteiger partial charge in [0.05, 0.1) is 27.5 Å². The van der Waals surface area contributed by atoms with E-state index in [1.165, 1.54) is 6.20 Å². The van der Waals surface area contributed by atoms with Crippen molar-refractivity contribution < 1.29 is 4.79 Å². The zero-order valence-electron chi connectivity index (χ0n) is 8.00. The highest BCUT2D eigenvalue weighted by Gasteiger charge is 2.12. The van der Waals surface area contributed by atoms with Crippen LogP contribution in [0.4, 0.5) is 5.69 Å². The van der Waals surface area contributed by atoms with Crippen LogP contribution in [0, 0.1) is 0 Å². The lowest BCUT2D eigenvalue weighted by Crippen LogP contribution is -2.11. The number of rotatable bonds is 2. The fourth-order valence-electron chi connectivity index (χ4n) is 1.20. The number of halogens is 2. The zero-order valence-corrected chi connectivity index (χ0v) is 9.51. The van der Waals surface area contributed by atoms with Crippen molar-refractivity contribution in [2.24, 2.45) is 0 Å². The third kappa shape index (κ3) is 2.18. The van der Waals surface area contributed by atoms with Gasteiger partial charge in [-0.2, -0.15) is 5.10 Å². The summed E-state index contributed by atoms with van der Waals surface area (Å²) in [6.45, 7) is 0. The van der Waals surface area contributed by atoms with E-state index in [-0.39, 0.29) is 10.9 Å². The molecule has 1 aromatic carbocycles. The van der Waals surface area contributed by atoms with Crippen molar-refractivity contribution in [2.75, 3.05) is 5.32 Å². The Morgan fingerprint density at radius 2 is 2.19 bits per heavy atom. The van der Waals surface area contributed by atoms with Crippen LogP contribution in [0.15, 0.2) is 30.6 Å². The van der Waals surface area contributed by atoms with Gasteiger partial charge in [-0.05, 0) is 12.1 Å². The van der Waals surface area contributed by atoms with E-state index in [1.807, 2.05) is 0 Å². The van der Waals surface area contributed by atoms with Gasteiger partial charge in [0.25, 0.3) is 5.91 Å². The molecule has 1 heterocycles. The Kier molecular flexibility index (Phi) is 3.12. The molecule has 0 unspecified atom stereocenters. The third-order valence-corrected chi connectivity index (χ3v) is 2.77. The Balaban J connectivity index is 2.24. The van der Waals surface area contributed by atoms with E-state index in [9.17, 15) is 4.79 Å². The van der Waals surface area contributed by atoms with Crippen LogP contribution in [0.5, 0.6) is 0 Å². The second kappa shape index (κ2) is 4.55. The van der Waals surface area contributed by atoms with Gasteiger partial charge in [-0.1, -0.05) is 29.3 Å². The van der Waals surface area contributed by atoms with Crippen LogP contribution in [0.3, 0.4) is 0 Å². The molecule has 0 radical (unpaired) electrons. The average Bonchev–Trinajstić information content (AvgIpc) is 2.74. The molecule has 2 aromatic rings. The molecule has 0 atom stereocenters. The number of hydrogen-bond donors (Lipinski definition) is 2. The predicted octanol–water partition coefficient (Wildman–Crippen LogP) is 2.97. The standard InChI is InChI=1S/C10H7Cl2N3O/c11-8-3-1-2-7(9(8)12)10(16)15-6-4-13-14-5-6/h1-5H,(H,13,14)(H,15,16). The summed E-state index contributed by atoms with van der Waals surface area (Å²) in [6.07, 6.45) is 3.06. The van der Waals surface area contributed by atoms with E-state index in [4.69, 9.17) is 23.2 Å². The van der Waals surface area contributed by atoms with Crippen LogP contribution < -0.4 is 5.32 Å². The Morgan fingerprint density at radius 3 is 2.88 bits per heavy atom. The first-order valence-electron chi connectivity index (χ1n) is 4.42. The summed E-state index contributed by atoms with van der Waals surface area (Å²) in [7, 11) is 0. The van der Waals surface area contributed by atoms with Gasteiger partial charge in [0.2, 0.25) is 0 Å². The zero-order chi connectivity index (χ0) is 11.5. The van der Waals surface area contributed by atoms with Crippen molar-refractivity contribution in [3.63, 3.8) is 0 Å². The molecular formula is C10H7Cl2N3O. The molecule has 6 heteroatoms.